The number of rotatable bonds is 4. The first-order valence-electron chi connectivity index (χ1n) is 8.07. The van der Waals surface area contributed by atoms with Gasteiger partial charge in [-0.2, -0.15) is 5.10 Å². The highest BCUT2D eigenvalue weighted by Crippen LogP contribution is 2.35. The third kappa shape index (κ3) is 2.32. The SMILES string of the molecule is Cn1nc(C(=O)NCc2cncn2C2CC2)c2c1CCCC2. The molecule has 0 bridgehead atoms. The van der Waals surface area contributed by atoms with Crippen LogP contribution in [-0.4, -0.2) is 25.2 Å². The van der Waals surface area contributed by atoms with Crippen molar-refractivity contribution in [2.24, 2.45) is 7.05 Å². The maximum Gasteiger partial charge on any atom is 0.272 e. The fraction of sp³-hybridized carbons (Fsp3) is 0.562. The summed E-state index contributed by atoms with van der Waals surface area (Å²) < 4.78 is 4.05. The van der Waals surface area contributed by atoms with E-state index in [9.17, 15) is 4.79 Å². The van der Waals surface area contributed by atoms with E-state index in [1.165, 1.54) is 25.0 Å². The molecule has 6 heteroatoms. The van der Waals surface area contributed by atoms with Crippen LogP contribution in [0.25, 0.3) is 0 Å². The van der Waals surface area contributed by atoms with E-state index in [1.54, 1.807) is 0 Å². The molecule has 1 fully saturated rings. The normalized spacial score (nSPS) is 17.3. The van der Waals surface area contributed by atoms with Gasteiger partial charge in [-0.25, -0.2) is 4.98 Å². The summed E-state index contributed by atoms with van der Waals surface area (Å²) in [5, 5.41) is 7.46. The van der Waals surface area contributed by atoms with E-state index in [-0.39, 0.29) is 5.91 Å². The molecule has 2 aromatic rings. The highest BCUT2D eigenvalue weighted by Gasteiger charge is 2.26. The number of nitrogens with zero attached hydrogens (tertiary/aromatic N) is 4. The third-order valence-corrected chi connectivity index (χ3v) is 4.70. The zero-order chi connectivity index (χ0) is 15.1. The number of nitrogens with one attached hydrogen (secondary N) is 1. The summed E-state index contributed by atoms with van der Waals surface area (Å²) in [6.07, 6.45) is 10.5. The van der Waals surface area contributed by atoms with Gasteiger partial charge in [0.25, 0.3) is 5.91 Å². The molecule has 0 aromatic carbocycles. The van der Waals surface area contributed by atoms with Crippen molar-refractivity contribution in [3.05, 3.63) is 35.2 Å². The van der Waals surface area contributed by atoms with Crippen LogP contribution in [0, 0.1) is 0 Å². The summed E-state index contributed by atoms with van der Waals surface area (Å²) in [6.45, 7) is 0.515. The van der Waals surface area contributed by atoms with Crippen molar-refractivity contribution in [1.82, 2.24) is 24.6 Å². The van der Waals surface area contributed by atoms with Crippen molar-refractivity contribution in [1.29, 1.82) is 0 Å². The Labute approximate surface area is 129 Å². The predicted molar refractivity (Wildman–Crippen MR) is 81.5 cm³/mol. The Balaban J connectivity index is 1.49. The van der Waals surface area contributed by atoms with Crippen molar-refractivity contribution in [3.63, 3.8) is 0 Å². The number of hydrogen-bond donors (Lipinski definition) is 1. The van der Waals surface area contributed by atoms with Crippen LogP contribution in [0.15, 0.2) is 12.5 Å². The Hall–Kier alpha value is -2.11. The van der Waals surface area contributed by atoms with Gasteiger partial charge in [0.2, 0.25) is 0 Å². The lowest BCUT2D eigenvalue weighted by Crippen LogP contribution is -2.25. The van der Waals surface area contributed by atoms with Crippen molar-refractivity contribution in [2.45, 2.75) is 51.1 Å². The molecule has 22 heavy (non-hydrogen) atoms. The van der Waals surface area contributed by atoms with E-state index in [0.717, 1.165) is 30.5 Å². The van der Waals surface area contributed by atoms with Crippen LogP contribution in [0.2, 0.25) is 0 Å². The van der Waals surface area contributed by atoms with E-state index in [4.69, 9.17) is 0 Å². The number of imidazole rings is 1. The highest BCUT2D eigenvalue weighted by atomic mass is 16.1. The van der Waals surface area contributed by atoms with E-state index in [1.807, 2.05) is 24.3 Å². The van der Waals surface area contributed by atoms with Gasteiger partial charge in [-0.1, -0.05) is 0 Å². The average Bonchev–Trinajstić information content (AvgIpc) is 3.18. The molecule has 2 heterocycles. The van der Waals surface area contributed by atoms with Crippen molar-refractivity contribution >= 4 is 5.91 Å². The van der Waals surface area contributed by atoms with Crippen LogP contribution in [0.4, 0.5) is 0 Å². The molecule has 0 saturated heterocycles. The van der Waals surface area contributed by atoms with Crippen molar-refractivity contribution < 1.29 is 4.79 Å². The van der Waals surface area contributed by atoms with Gasteiger partial charge in [0.1, 0.15) is 0 Å². The minimum absolute atomic E-state index is 0.0673. The summed E-state index contributed by atoms with van der Waals surface area (Å²) in [6, 6.07) is 0.581. The summed E-state index contributed by atoms with van der Waals surface area (Å²) in [4.78, 5) is 16.7. The van der Waals surface area contributed by atoms with E-state index in [2.05, 4.69) is 20.0 Å². The lowest BCUT2D eigenvalue weighted by atomic mass is 9.95. The van der Waals surface area contributed by atoms with Gasteiger partial charge in [-0.3, -0.25) is 9.48 Å². The molecular formula is C16H21N5O. The van der Waals surface area contributed by atoms with Crippen LogP contribution < -0.4 is 5.32 Å². The Kier molecular flexibility index (Phi) is 3.24. The minimum atomic E-state index is -0.0673. The molecule has 1 N–H and O–H groups in total. The number of carbonyl (C=O) groups excluding carboxylic acids is 1. The number of carbonyl (C=O) groups is 1. The molecule has 0 unspecified atom stereocenters. The third-order valence-electron chi connectivity index (χ3n) is 4.70. The Morgan fingerprint density at radius 2 is 2.18 bits per heavy atom. The van der Waals surface area contributed by atoms with Gasteiger partial charge in [-0.15, -0.1) is 0 Å². The fourth-order valence-electron chi connectivity index (χ4n) is 3.36. The van der Waals surface area contributed by atoms with Gasteiger partial charge in [0.05, 0.1) is 18.6 Å². The van der Waals surface area contributed by atoms with E-state index < -0.39 is 0 Å². The lowest BCUT2D eigenvalue weighted by Gasteiger charge is -2.12. The minimum Gasteiger partial charge on any atom is -0.345 e. The topological polar surface area (TPSA) is 64.7 Å². The molecule has 6 nitrogen and oxygen atoms in total. The van der Waals surface area contributed by atoms with Crippen molar-refractivity contribution in [3.8, 4) is 0 Å². The second-order valence-corrected chi connectivity index (χ2v) is 6.31. The molecule has 0 radical (unpaired) electrons. The first-order valence-corrected chi connectivity index (χ1v) is 8.07. The highest BCUT2D eigenvalue weighted by molar-refractivity contribution is 5.94. The van der Waals surface area contributed by atoms with Gasteiger partial charge in [0.15, 0.2) is 5.69 Å². The number of amides is 1. The van der Waals surface area contributed by atoms with Crippen molar-refractivity contribution in [2.75, 3.05) is 0 Å². The van der Waals surface area contributed by atoms with Gasteiger partial charge < -0.3 is 9.88 Å². The van der Waals surface area contributed by atoms with E-state index >= 15 is 0 Å². The molecule has 4 rings (SSSR count). The molecule has 1 amide bonds. The first-order chi connectivity index (χ1) is 10.7. The Bertz CT molecular complexity index is 710. The maximum absolute atomic E-state index is 12.5. The Morgan fingerprint density at radius 3 is 3.00 bits per heavy atom. The average molecular weight is 299 g/mol. The van der Waals surface area contributed by atoms with Gasteiger partial charge >= 0.3 is 0 Å². The molecule has 116 valence electrons. The van der Waals surface area contributed by atoms with Crippen LogP contribution >= 0.6 is 0 Å². The quantitative estimate of drug-likeness (QED) is 0.935. The summed E-state index contributed by atoms with van der Waals surface area (Å²) in [5.41, 5.74) is 4.04. The molecule has 1 saturated carbocycles. The molecule has 0 atom stereocenters. The fourth-order valence-corrected chi connectivity index (χ4v) is 3.36. The molecule has 2 aliphatic rings. The smallest absolute Gasteiger partial charge is 0.272 e. The molecule has 0 spiro atoms. The van der Waals surface area contributed by atoms with Crippen LogP contribution in [-0.2, 0) is 26.4 Å². The largest absolute Gasteiger partial charge is 0.345 e. The van der Waals surface area contributed by atoms with Gasteiger partial charge in [0, 0.05) is 30.5 Å². The molecule has 2 aliphatic carbocycles. The lowest BCUT2D eigenvalue weighted by molar-refractivity contribution is 0.0943. The summed E-state index contributed by atoms with van der Waals surface area (Å²) in [7, 11) is 1.93. The first kappa shape index (κ1) is 13.5. The molecule has 0 aliphatic heterocycles. The van der Waals surface area contributed by atoms with Crippen LogP contribution in [0.5, 0.6) is 0 Å². The second kappa shape index (κ2) is 5.26. The number of aryl methyl sites for hydroxylation is 1. The monoisotopic (exact) mass is 299 g/mol. The number of hydrogen-bond acceptors (Lipinski definition) is 3. The zero-order valence-electron chi connectivity index (χ0n) is 12.9. The second-order valence-electron chi connectivity index (χ2n) is 6.31. The maximum atomic E-state index is 12.5. The number of aromatic nitrogens is 4. The standard InChI is InChI=1S/C16H21N5O/c1-20-14-5-3-2-4-13(14)15(19-20)16(22)18-9-12-8-17-10-21(12)11-6-7-11/h8,10-11H,2-7,9H2,1H3,(H,18,22). The number of fused-ring (bicyclic) bond motifs is 1. The van der Waals surface area contributed by atoms with Crippen LogP contribution in [0.3, 0.4) is 0 Å². The van der Waals surface area contributed by atoms with Gasteiger partial charge in [-0.05, 0) is 38.5 Å². The molecular weight excluding hydrogens is 278 g/mol. The molecule has 2 aromatic heterocycles. The zero-order valence-corrected chi connectivity index (χ0v) is 12.9. The van der Waals surface area contributed by atoms with E-state index in [0.29, 0.717) is 18.3 Å². The Morgan fingerprint density at radius 1 is 1.36 bits per heavy atom. The predicted octanol–water partition coefficient (Wildman–Crippen LogP) is 1.76. The summed E-state index contributed by atoms with van der Waals surface area (Å²) in [5.74, 6) is -0.0673. The summed E-state index contributed by atoms with van der Waals surface area (Å²) >= 11 is 0. The van der Waals surface area contributed by atoms with Crippen LogP contribution in [0.1, 0.15) is 59.2 Å².